The Labute approximate surface area is 124 Å². The van der Waals surface area contributed by atoms with Crippen molar-refractivity contribution in [3.8, 4) is 11.6 Å². The van der Waals surface area contributed by atoms with Gasteiger partial charge in [0.2, 0.25) is 5.88 Å². The van der Waals surface area contributed by atoms with Crippen molar-refractivity contribution >= 4 is 0 Å². The summed E-state index contributed by atoms with van der Waals surface area (Å²) in [6.07, 6.45) is 2.54. The molecular formula is C17H19FN2O. The standard InChI is InChI=1S/C17H19FN2O/c1-11-3-7-15(9-16(11)18)21-17-8-4-13(12(2)20-17)10-19-14-5-6-14/h3-4,7-9,14,19H,5-6,10H2,1-2H3. The van der Waals surface area contributed by atoms with Gasteiger partial charge >= 0.3 is 0 Å². The molecule has 1 aliphatic carbocycles. The summed E-state index contributed by atoms with van der Waals surface area (Å²) >= 11 is 0. The van der Waals surface area contributed by atoms with Crippen molar-refractivity contribution in [2.45, 2.75) is 39.3 Å². The predicted octanol–water partition coefficient (Wildman–Crippen LogP) is 3.88. The van der Waals surface area contributed by atoms with Crippen LogP contribution in [0.2, 0.25) is 0 Å². The van der Waals surface area contributed by atoms with Crippen molar-refractivity contribution in [1.82, 2.24) is 10.3 Å². The number of ether oxygens (including phenoxy) is 1. The van der Waals surface area contributed by atoms with Crippen LogP contribution < -0.4 is 10.1 Å². The molecular weight excluding hydrogens is 267 g/mol. The topological polar surface area (TPSA) is 34.1 Å². The van der Waals surface area contributed by atoms with Crippen molar-refractivity contribution in [1.29, 1.82) is 0 Å². The fourth-order valence-corrected chi connectivity index (χ4v) is 2.11. The van der Waals surface area contributed by atoms with Crippen LogP contribution in [0.15, 0.2) is 30.3 Å². The first kappa shape index (κ1) is 14.0. The van der Waals surface area contributed by atoms with E-state index in [1.54, 1.807) is 19.1 Å². The molecule has 21 heavy (non-hydrogen) atoms. The van der Waals surface area contributed by atoms with Gasteiger partial charge in [-0.25, -0.2) is 9.37 Å². The second kappa shape index (κ2) is 5.82. The summed E-state index contributed by atoms with van der Waals surface area (Å²) in [6.45, 7) is 4.53. The van der Waals surface area contributed by atoms with Crippen LogP contribution in [0.5, 0.6) is 11.6 Å². The Balaban J connectivity index is 1.70. The Kier molecular flexibility index (Phi) is 3.88. The van der Waals surface area contributed by atoms with Gasteiger partial charge in [0.15, 0.2) is 0 Å². The van der Waals surface area contributed by atoms with E-state index in [0.29, 0.717) is 23.2 Å². The maximum Gasteiger partial charge on any atom is 0.219 e. The number of nitrogens with zero attached hydrogens (tertiary/aromatic N) is 1. The van der Waals surface area contributed by atoms with E-state index in [4.69, 9.17) is 4.74 Å². The van der Waals surface area contributed by atoms with Crippen LogP contribution in [0, 0.1) is 19.7 Å². The highest BCUT2D eigenvalue weighted by atomic mass is 19.1. The summed E-state index contributed by atoms with van der Waals surface area (Å²) in [5, 5.41) is 3.47. The molecule has 0 aliphatic heterocycles. The first-order valence-electron chi connectivity index (χ1n) is 7.26. The number of pyridine rings is 1. The molecule has 1 aromatic heterocycles. The highest BCUT2D eigenvalue weighted by Crippen LogP contribution is 2.24. The maximum atomic E-state index is 13.5. The first-order valence-corrected chi connectivity index (χ1v) is 7.26. The van der Waals surface area contributed by atoms with Gasteiger partial charge < -0.3 is 10.1 Å². The number of hydrogen-bond acceptors (Lipinski definition) is 3. The molecule has 0 radical (unpaired) electrons. The van der Waals surface area contributed by atoms with Gasteiger partial charge in [-0.3, -0.25) is 0 Å². The largest absolute Gasteiger partial charge is 0.439 e. The molecule has 0 saturated heterocycles. The van der Waals surface area contributed by atoms with E-state index in [1.165, 1.54) is 24.5 Å². The van der Waals surface area contributed by atoms with Gasteiger partial charge in [0.25, 0.3) is 0 Å². The number of rotatable bonds is 5. The molecule has 1 aromatic carbocycles. The van der Waals surface area contributed by atoms with Crippen LogP contribution in [-0.4, -0.2) is 11.0 Å². The lowest BCUT2D eigenvalue weighted by molar-refractivity contribution is 0.455. The third kappa shape index (κ3) is 3.58. The Morgan fingerprint density at radius 1 is 1.24 bits per heavy atom. The quantitative estimate of drug-likeness (QED) is 0.905. The number of halogens is 1. The van der Waals surface area contributed by atoms with E-state index >= 15 is 0 Å². The van der Waals surface area contributed by atoms with E-state index in [2.05, 4.69) is 10.3 Å². The minimum atomic E-state index is -0.269. The van der Waals surface area contributed by atoms with E-state index in [0.717, 1.165) is 12.2 Å². The predicted molar refractivity (Wildman–Crippen MR) is 80.0 cm³/mol. The van der Waals surface area contributed by atoms with Gasteiger partial charge in [-0.1, -0.05) is 12.1 Å². The zero-order chi connectivity index (χ0) is 14.8. The summed E-state index contributed by atoms with van der Waals surface area (Å²) < 4.78 is 19.1. The first-order chi connectivity index (χ1) is 10.1. The monoisotopic (exact) mass is 286 g/mol. The normalized spacial score (nSPS) is 14.2. The molecule has 1 saturated carbocycles. The van der Waals surface area contributed by atoms with Crippen molar-refractivity contribution in [3.63, 3.8) is 0 Å². The summed E-state index contributed by atoms with van der Waals surface area (Å²) in [5.74, 6) is 0.689. The van der Waals surface area contributed by atoms with Crippen LogP contribution in [0.4, 0.5) is 4.39 Å². The number of hydrogen-bond donors (Lipinski definition) is 1. The van der Waals surface area contributed by atoms with Crippen LogP contribution in [0.25, 0.3) is 0 Å². The number of aromatic nitrogens is 1. The van der Waals surface area contributed by atoms with Crippen molar-refractivity contribution in [2.75, 3.05) is 0 Å². The third-order valence-corrected chi connectivity index (χ3v) is 3.69. The fourth-order valence-electron chi connectivity index (χ4n) is 2.11. The lowest BCUT2D eigenvalue weighted by Gasteiger charge is -2.10. The zero-order valence-corrected chi connectivity index (χ0v) is 12.3. The molecule has 0 spiro atoms. The summed E-state index contributed by atoms with van der Waals surface area (Å²) in [7, 11) is 0. The van der Waals surface area contributed by atoms with Crippen molar-refractivity contribution in [2.24, 2.45) is 0 Å². The Morgan fingerprint density at radius 2 is 2.05 bits per heavy atom. The van der Waals surface area contributed by atoms with Crippen LogP contribution in [0.1, 0.15) is 29.7 Å². The second-order valence-corrected chi connectivity index (χ2v) is 5.56. The molecule has 2 aromatic rings. The lowest BCUT2D eigenvalue weighted by atomic mass is 10.2. The molecule has 3 nitrogen and oxygen atoms in total. The van der Waals surface area contributed by atoms with Gasteiger partial charge in [-0.2, -0.15) is 0 Å². The van der Waals surface area contributed by atoms with Crippen LogP contribution in [-0.2, 0) is 6.54 Å². The van der Waals surface area contributed by atoms with Crippen molar-refractivity contribution < 1.29 is 9.13 Å². The lowest BCUT2D eigenvalue weighted by Crippen LogP contribution is -2.16. The number of benzene rings is 1. The average Bonchev–Trinajstić information content (AvgIpc) is 3.26. The molecule has 1 aliphatic rings. The van der Waals surface area contributed by atoms with Gasteiger partial charge in [0.1, 0.15) is 11.6 Å². The fraction of sp³-hybridized carbons (Fsp3) is 0.353. The summed E-state index contributed by atoms with van der Waals surface area (Å²) in [5.41, 5.74) is 2.71. The molecule has 0 amide bonds. The smallest absolute Gasteiger partial charge is 0.219 e. The van der Waals surface area contributed by atoms with Crippen LogP contribution >= 0.6 is 0 Å². The molecule has 110 valence electrons. The third-order valence-electron chi connectivity index (χ3n) is 3.69. The highest BCUT2D eigenvalue weighted by Gasteiger charge is 2.20. The minimum Gasteiger partial charge on any atom is -0.439 e. The SMILES string of the molecule is Cc1ccc(Oc2ccc(CNC3CC3)c(C)n2)cc1F. The second-order valence-electron chi connectivity index (χ2n) is 5.56. The average molecular weight is 286 g/mol. The number of aryl methyl sites for hydroxylation is 2. The minimum absolute atomic E-state index is 0.269. The molecule has 1 heterocycles. The van der Waals surface area contributed by atoms with Crippen LogP contribution in [0.3, 0.4) is 0 Å². The highest BCUT2D eigenvalue weighted by molar-refractivity contribution is 5.33. The molecule has 1 N–H and O–H groups in total. The van der Waals surface area contributed by atoms with E-state index < -0.39 is 0 Å². The van der Waals surface area contributed by atoms with Gasteiger partial charge in [0, 0.05) is 30.4 Å². The summed E-state index contributed by atoms with van der Waals surface area (Å²) in [4.78, 5) is 4.43. The molecule has 1 fully saturated rings. The molecule has 0 bridgehead atoms. The zero-order valence-electron chi connectivity index (χ0n) is 12.3. The Morgan fingerprint density at radius 3 is 2.71 bits per heavy atom. The molecule has 0 unspecified atom stereocenters. The number of nitrogens with one attached hydrogen (secondary N) is 1. The molecule has 3 rings (SSSR count). The van der Waals surface area contributed by atoms with E-state index in [9.17, 15) is 4.39 Å². The van der Waals surface area contributed by atoms with Gasteiger partial charge in [0.05, 0.1) is 0 Å². The van der Waals surface area contributed by atoms with E-state index in [1.807, 2.05) is 19.1 Å². The Bertz CT molecular complexity index is 653. The summed E-state index contributed by atoms with van der Waals surface area (Å²) in [6, 6.07) is 9.35. The molecule has 4 heteroatoms. The van der Waals surface area contributed by atoms with E-state index in [-0.39, 0.29) is 5.82 Å². The maximum absolute atomic E-state index is 13.5. The van der Waals surface area contributed by atoms with Gasteiger partial charge in [-0.15, -0.1) is 0 Å². The van der Waals surface area contributed by atoms with Gasteiger partial charge in [-0.05, 0) is 43.9 Å². The molecule has 0 atom stereocenters. The Hall–Kier alpha value is -1.94. The van der Waals surface area contributed by atoms with Crippen molar-refractivity contribution in [3.05, 3.63) is 53.0 Å².